The van der Waals surface area contributed by atoms with Gasteiger partial charge in [-0.25, -0.2) is 0 Å². The fourth-order valence-corrected chi connectivity index (χ4v) is 6.87. The van der Waals surface area contributed by atoms with Crippen LogP contribution in [0.5, 0.6) is 0 Å². The fraction of sp³-hybridized carbons (Fsp3) is 0. The molecule has 0 atom stereocenters. The number of rotatable bonds is 6. The van der Waals surface area contributed by atoms with Gasteiger partial charge >= 0.3 is 0 Å². The summed E-state index contributed by atoms with van der Waals surface area (Å²) in [7, 11) is 0. The number of anilines is 3. The lowest BCUT2D eigenvalue weighted by Crippen LogP contribution is -2.09. The maximum atomic E-state index is 6.13. The standard InChI is InChI=1S/C46H31NO/c1-3-10-32(11-4-1)33-18-24-40(25-19-33)47(39-14-5-2-6-15-39)41-26-20-34(21-27-41)35-12-9-13-36(30-35)37-22-28-42-38(31-37)23-29-45-46(42)43-16-7-8-17-44(43)48-45/h1-31H. The molecule has 0 N–H and O–H groups in total. The van der Waals surface area contributed by atoms with Crippen LogP contribution in [0.25, 0.3) is 66.1 Å². The van der Waals surface area contributed by atoms with Gasteiger partial charge in [0.05, 0.1) is 0 Å². The summed E-state index contributed by atoms with van der Waals surface area (Å²) in [5.41, 5.74) is 12.4. The van der Waals surface area contributed by atoms with E-state index >= 15 is 0 Å². The van der Waals surface area contributed by atoms with E-state index in [1.165, 1.54) is 49.5 Å². The molecule has 9 rings (SSSR count). The quantitative estimate of drug-likeness (QED) is 0.185. The molecular formula is C46H31NO. The van der Waals surface area contributed by atoms with Crippen LogP contribution in [0.2, 0.25) is 0 Å². The van der Waals surface area contributed by atoms with Crippen molar-refractivity contribution in [3.63, 3.8) is 0 Å². The Bertz CT molecular complexity index is 2530. The maximum absolute atomic E-state index is 6.13. The lowest BCUT2D eigenvalue weighted by molar-refractivity contribution is 0.669. The zero-order valence-corrected chi connectivity index (χ0v) is 26.3. The topological polar surface area (TPSA) is 16.4 Å². The van der Waals surface area contributed by atoms with Crippen molar-refractivity contribution in [1.82, 2.24) is 0 Å². The molecule has 0 saturated carbocycles. The summed E-state index contributed by atoms with van der Waals surface area (Å²) in [5, 5.41) is 4.76. The lowest BCUT2D eigenvalue weighted by Gasteiger charge is -2.26. The Labute approximate surface area is 279 Å². The molecule has 0 radical (unpaired) electrons. The van der Waals surface area contributed by atoms with Crippen molar-refractivity contribution >= 4 is 49.8 Å². The van der Waals surface area contributed by atoms with Gasteiger partial charge in [-0.3, -0.25) is 0 Å². The largest absolute Gasteiger partial charge is 0.456 e. The maximum Gasteiger partial charge on any atom is 0.136 e. The molecule has 9 aromatic rings. The van der Waals surface area contributed by atoms with Crippen LogP contribution in [-0.4, -0.2) is 0 Å². The molecular weight excluding hydrogens is 583 g/mol. The van der Waals surface area contributed by atoms with Gasteiger partial charge in [0.25, 0.3) is 0 Å². The van der Waals surface area contributed by atoms with E-state index in [0.29, 0.717) is 0 Å². The van der Waals surface area contributed by atoms with Gasteiger partial charge in [0.1, 0.15) is 11.2 Å². The fourth-order valence-electron chi connectivity index (χ4n) is 6.87. The minimum atomic E-state index is 0.927. The van der Waals surface area contributed by atoms with Crippen molar-refractivity contribution in [2.24, 2.45) is 0 Å². The van der Waals surface area contributed by atoms with E-state index in [1.807, 2.05) is 12.1 Å². The van der Waals surface area contributed by atoms with Crippen molar-refractivity contribution in [3.8, 4) is 33.4 Å². The summed E-state index contributed by atoms with van der Waals surface area (Å²) >= 11 is 0. The summed E-state index contributed by atoms with van der Waals surface area (Å²) in [5.74, 6) is 0. The van der Waals surface area contributed by atoms with E-state index in [1.54, 1.807) is 0 Å². The van der Waals surface area contributed by atoms with Crippen LogP contribution in [0.4, 0.5) is 17.1 Å². The Kier molecular flexibility index (Phi) is 6.84. The van der Waals surface area contributed by atoms with Gasteiger partial charge < -0.3 is 9.32 Å². The Hall–Kier alpha value is -6.38. The van der Waals surface area contributed by atoms with Gasteiger partial charge in [0.2, 0.25) is 0 Å². The second-order valence-electron chi connectivity index (χ2n) is 12.2. The minimum Gasteiger partial charge on any atom is -0.456 e. The average Bonchev–Trinajstić information content (AvgIpc) is 3.55. The molecule has 0 aliphatic heterocycles. The first kappa shape index (κ1) is 27.9. The summed E-state index contributed by atoms with van der Waals surface area (Å²) in [4.78, 5) is 2.31. The number of nitrogens with zero attached hydrogens (tertiary/aromatic N) is 1. The van der Waals surface area contributed by atoms with Crippen LogP contribution in [0.1, 0.15) is 0 Å². The van der Waals surface area contributed by atoms with E-state index in [-0.39, 0.29) is 0 Å². The lowest BCUT2D eigenvalue weighted by atomic mass is 9.96. The highest BCUT2D eigenvalue weighted by atomic mass is 16.3. The molecule has 0 unspecified atom stereocenters. The highest BCUT2D eigenvalue weighted by Crippen LogP contribution is 2.39. The number of para-hydroxylation sites is 2. The third kappa shape index (κ3) is 5.01. The van der Waals surface area contributed by atoms with Gasteiger partial charge in [0.15, 0.2) is 0 Å². The molecule has 1 aromatic heterocycles. The summed E-state index contributed by atoms with van der Waals surface area (Å²) < 4.78 is 6.13. The summed E-state index contributed by atoms with van der Waals surface area (Å²) in [6.07, 6.45) is 0. The Morgan fingerprint density at radius 2 is 0.833 bits per heavy atom. The molecule has 1 heterocycles. The highest BCUT2D eigenvalue weighted by Gasteiger charge is 2.14. The first-order valence-electron chi connectivity index (χ1n) is 16.3. The van der Waals surface area contributed by atoms with Crippen LogP contribution in [0.15, 0.2) is 192 Å². The molecule has 0 saturated heterocycles. The van der Waals surface area contributed by atoms with Gasteiger partial charge in [-0.2, -0.15) is 0 Å². The average molecular weight is 614 g/mol. The van der Waals surface area contributed by atoms with Crippen LogP contribution in [0.3, 0.4) is 0 Å². The Morgan fingerprint density at radius 3 is 1.56 bits per heavy atom. The molecule has 2 heteroatoms. The van der Waals surface area contributed by atoms with E-state index in [4.69, 9.17) is 4.42 Å². The molecule has 226 valence electrons. The van der Waals surface area contributed by atoms with Gasteiger partial charge in [-0.15, -0.1) is 0 Å². The molecule has 0 bridgehead atoms. The number of fused-ring (bicyclic) bond motifs is 5. The van der Waals surface area contributed by atoms with Crippen molar-refractivity contribution in [3.05, 3.63) is 188 Å². The normalized spacial score (nSPS) is 11.3. The first-order valence-corrected chi connectivity index (χ1v) is 16.3. The number of benzene rings is 8. The summed E-state index contributed by atoms with van der Waals surface area (Å²) in [6, 6.07) is 66.9. The van der Waals surface area contributed by atoms with E-state index in [0.717, 1.165) is 33.6 Å². The van der Waals surface area contributed by atoms with Crippen LogP contribution in [-0.2, 0) is 0 Å². The van der Waals surface area contributed by atoms with E-state index in [9.17, 15) is 0 Å². The summed E-state index contributed by atoms with van der Waals surface area (Å²) in [6.45, 7) is 0. The predicted octanol–water partition coefficient (Wildman–Crippen LogP) is 13.2. The van der Waals surface area contributed by atoms with Gasteiger partial charge in [-0.1, -0.05) is 127 Å². The third-order valence-electron chi connectivity index (χ3n) is 9.26. The first-order chi connectivity index (χ1) is 23.8. The van der Waals surface area contributed by atoms with Crippen molar-refractivity contribution < 1.29 is 4.42 Å². The van der Waals surface area contributed by atoms with Crippen LogP contribution >= 0.6 is 0 Å². The van der Waals surface area contributed by atoms with Crippen LogP contribution < -0.4 is 4.90 Å². The molecule has 0 fully saturated rings. The predicted molar refractivity (Wildman–Crippen MR) is 202 cm³/mol. The second-order valence-corrected chi connectivity index (χ2v) is 12.2. The molecule has 0 spiro atoms. The Morgan fingerprint density at radius 1 is 0.312 bits per heavy atom. The van der Waals surface area contributed by atoms with Gasteiger partial charge in [0, 0.05) is 27.8 Å². The van der Waals surface area contributed by atoms with Crippen LogP contribution in [0, 0.1) is 0 Å². The molecule has 8 aromatic carbocycles. The zero-order valence-electron chi connectivity index (χ0n) is 26.3. The number of hydrogen-bond acceptors (Lipinski definition) is 2. The van der Waals surface area contributed by atoms with E-state index in [2.05, 4.69) is 181 Å². The van der Waals surface area contributed by atoms with E-state index < -0.39 is 0 Å². The second kappa shape index (κ2) is 11.8. The van der Waals surface area contributed by atoms with Crippen molar-refractivity contribution in [1.29, 1.82) is 0 Å². The molecule has 48 heavy (non-hydrogen) atoms. The minimum absolute atomic E-state index is 0.927. The third-order valence-corrected chi connectivity index (χ3v) is 9.26. The molecule has 0 aliphatic carbocycles. The van der Waals surface area contributed by atoms with Crippen molar-refractivity contribution in [2.45, 2.75) is 0 Å². The zero-order chi connectivity index (χ0) is 31.9. The smallest absolute Gasteiger partial charge is 0.136 e. The molecule has 2 nitrogen and oxygen atoms in total. The monoisotopic (exact) mass is 613 g/mol. The SMILES string of the molecule is c1ccc(-c2ccc(N(c3ccccc3)c3ccc(-c4cccc(-c5ccc6c(ccc7oc8ccccc8c76)c5)c4)cc3)cc2)cc1. The number of furan rings is 1. The molecule has 0 amide bonds. The van der Waals surface area contributed by atoms with Crippen molar-refractivity contribution in [2.75, 3.05) is 4.90 Å². The number of hydrogen-bond donors (Lipinski definition) is 0. The highest BCUT2D eigenvalue weighted by molar-refractivity contribution is 6.19. The van der Waals surface area contributed by atoms with Gasteiger partial charge in [-0.05, 0) is 105 Å². The molecule has 0 aliphatic rings. The Balaban J connectivity index is 1.04.